The van der Waals surface area contributed by atoms with Crippen LogP contribution in [-0.2, 0) is 0 Å². The smallest absolute Gasteiger partial charge is 0.0330 e. The Kier molecular flexibility index (Phi) is 6.62. The Morgan fingerprint density at radius 2 is 1.58 bits per heavy atom. The highest BCUT2D eigenvalue weighted by molar-refractivity contribution is 5.25. The predicted molar refractivity (Wildman–Crippen MR) is 88.1 cm³/mol. The molecule has 0 aliphatic heterocycles. The lowest BCUT2D eigenvalue weighted by Crippen LogP contribution is -2.23. The highest BCUT2D eigenvalue weighted by Crippen LogP contribution is 2.27. The van der Waals surface area contributed by atoms with E-state index in [4.69, 9.17) is 0 Å². The standard InChI is InChI=1S/C18H33N/c1-14(2)13-16(18(7,8)9)11-10-12-19-15(3)17(4,5)6/h10-11,13-14,19H,3,12H2,1-2,4-9H3/b11-10-,16-13+. The molecule has 0 aromatic rings. The van der Waals surface area contributed by atoms with Gasteiger partial charge >= 0.3 is 0 Å². The quantitative estimate of drug-likeness (QED) is 0.662. The third-order valence-electron chi connectivity index (χ3n) is 3.01. The highest BCUT2D eigenvalue weighted by atomic mass is 14.9. The summed E-state index contributed by atoms with van der Waals surface area (Å²) in [5, 5.41) is 3.37. The Labute approximate surface area is 120 Å². The van der Waals surface area contributed by atoms with Crippen molar-refractivity contribution in [3.8, 4) is 0 Å². The molecule has 0 heterocycles. The van der Waals surface area contributed by atoms with Crippen molar-refractivity contribution in [3.05, 3.63) is 36.1 Å². The molecule has 0 rings (SSSR count). The van der Waals surface area contributed by atoms with Crippen LogP contribution in [0.4, 0.5) is 0 Å². The average Bonchev–Trinajstić information content (AvgIpc) is 2.18. The summed E-state index contributed by atoms with van der Waals surface area (Å²) < 4.78 is 0. The fourth-order valence-electron chi connectivity index (χ4n) is 1.55. The van der Waals surface area contributed by atoms with Gasteiger partial charge in [0.05, 0.1) is 0 Å². The van der Waals surface area contributed by atoms with E-state index in [9.17, 15) is 0 Å². The summed E-state index contributed by atoms with van der Waals surface area (Å²) in [4.78, 5) is 0. The van der Waals surface area contributed by atoms with Gasteiger partial charge in [0, 0.05) is 17.7 Å². The Balaban J connectivity index is 4.57. The Bertz CT molecular complexity index is 343. The molecule has 0 radical (unpaired) electrons. The summed E-state index contributed by atoms with van der Waals surface area (Å²) in [6.07, 6.45) is 6.77. The van der Waals surface area contributed by atoms with Gasteiger partial charge in [-0.1, -0.05) is 80.2 Å². The van der Waals surface area contributed by atoms with Gasteiger partial charge < -0.3 is 5.32 Å². The van der Waals surface area contributed by atoms with Gasteiger partial charge in [-0.2, -0.15) is 0 Å². The maximum Gasteiger partial charge on any atom is 0.0330 e. The van der Waals surface area contributed by atoms with Crippen LogP contribution >= 0.6 is 0 Å². The Morgan fingerprint density at radius 1 is 1.05 bits per heavy atom. The van der Waals surface area contributed by atoms with Gasteiger partial charge in [-0.05, 0) is 16.9 Å². The Morgan fingerprint density at radius 3 is 1.95 bits per heavy atom. The molecular weight excluding hydrogens is 230 g/mol. The van der Waals surface area contributed by atoms with Crippen molar-refractivity contribution in [2.24, 2.45) is 16.7 Å². The minimum atomic E-state index is 0.120. The second kappa shape index (κ2) is 6.98. The van der Waals surface area contributed by atoms with Crippen LogP contribution in [0.1, 0.15) is 55.4 Å². The maximum absolute atomic E-state index is 4.08. The van der Waals surface area contributed by atoms with E-state index in [0.717, 1.165) is 12.2 Å². The normalized spacial score (nSPS) is 14.3. The molecule has 0 atom stereocenters. The molecule has 0 fully saturated rings. The zero-order valence-electron chi connectivity index (χ0n) is 14.2. The SMILES string of the molecule is C=C(NC/C=C\C(=C/C(C)C)C(C)(C)C)C(C)(C)C. The number of hydrogen-bond acceptors (Lipinski definition) is 1. The van der Waals surface area contributed by atoms with Crippen LogP contribution in [0, 0.1) is 16.7 Å². The van der Waals surface area contributed by atoms with Crippen molar-refractivity contribution >= 4 is 0 Å². The number of rotatable bonds is 5. The third-order valence-corrected chi connectivity index (χ3v) is 3.01. The molecule has 0 bridgehead atoms. The second-order valence-corrected chi connectivity index (χ2v) is 7.63. The molecule has 1 N–H and O–H groups in total. The van der Waals surface area contributed by atoms with Crippen molar-refractivity contribution in [1.82, 2.24) is 5.32 Å². The summed E-state index contributed by atoms with van der Waals surface area (Å²) in [6, 6.07) is 0. The molecule has 0 aliphatic rings. The van der Waals surface area contributed by atoms with Crippen LogP contribution in [0.2, 0.25) is 0 Å². The highest BCUT2D eigenvalue weighted by Gasteiger charge is 2.15. The van der Waals surface area contributed by atoms with Gasteiger partial charge in [-0.25, -0.2) is 0 Å². The first-order valence-corrected chi connectivity index (χ1v) is 7.26. The molecule has 0 spiro atoms. The van der Waals surface area contributed by atoms with Crippen molar-refractivity contribution in [2.75, 3.05) is 6.54 Å². The second-order valence-electron chi connectivity index (χ2n) is 7.63. The van der Waals surface area contributed by atoms with Crippen molar-refractivity contribution in [3.63, 3.8) is 0 Å². The van der Waals surface area contributed by atoms with E-state index in [1.54, 1.807) is 0 Å². The van der Waals surface area contributed by atoms with Crippen LogP contribution < -0.4 is 5.32 Å². The lowest BCUT2D eigenvalue weighted by molar-refractivity contribution is 0.469. The maximum atomic E-state index is 4.08. The largest absolute Gasteiger partial charge is 0.385 e. The monoisotopic (exact) mass is 263 g/mol. The van der Waals surface area contributed by atoms with E-state index in [0.29, 0.717) is 5.92 Å². The number of allylic oxidation sites excluding steroid dienone is 4. The first-order chi connectivity index (χ1) is 8.44. The van der Waals surface area contributed by atoms with Crippen LogP contribution in [0.25, 0.3) is 0 Å². The molecule has 110 valence electrons. The molecule has 0 aromatic carbocycles. The average molecular weight is 263 g/mol. The summed E-state index contributed by atoms with van der Waals surface area (Å²) >= 11 is 0. The van der Waals surface area contributed by atoms with E-state index < -0.39 is 0 Å². The fourth-order valence-corrected chi connectivity index (χ4v) is 1.55. The molecule has 0 saturated heterocycles. The molecule has 0 aromatic heterocycles. The summed E-state index contributed by atoms with van der Waals surface area (Å²) in [7, 11) is 0. The third kappa shape index (κ3) is 7.92. The fraction of sp³-hybridized carbons (Fsp3) is 0.667. The van der Waals surface area contributed by atoms with Crippen LogP contribution in [0.5, 0.6) is 0 Å². The topological polar surface area (TPSA) is 12.0 Å². The molecule has 1 heteroatoms. The van der Waals surface area contributed by atoms with E-state index in [2.05, 4.69) is 85.5 Å². The summed E-state index contributed by atoms with van der Waals surface area (Å²) in [5.74, 6) is 0.580. The van der Waals surface area contributed by atoms with Crippen LogP contribution in [-0.4, -0.2) is 6.54 Å². The van der Waals surface area contributed by atoms with Crippen molar-refractivity contribution in [1.29, 1.82) is 0 Å². The lowest BCUT2D eigenvalue weighted by atomic mass is 9.84. The molecule has 0 saturated carbocycles. The van der Waals surface area contributed by atoms with Crippen LogP contribution in [0.3, 0.4) is 0 Å². The molecule has 1 nitrogen and oxygen atoms in total. The summed E-state index contributed by atoms with van der Waals surface area (Å²) in [5.41, 5.74) is 2.80. The minimum absolute atomic E-state index is 0.120. The zero-order chi connectivity index (χ0) is 15.3. The lowest BCUT2D eigenvalue weighted by Gasteiger charge is -2.23. The van der Waals surface area contributed by atoms with E-state index in [1.807, 2.05) is 0 Å². The van der Waals surface area contributed by atoms with Crippen molar-refractivity contribution < 1.29 is 0 Å². The summed E-state index contributed by atoms with van der Waals surface area (Å²) in [6.45, 7) is 22.6. The van der Waals surface area contributed by atoms with E-state index >= 15 is 0 Å². The molecule has 0 amide bonds. The molecule has 0 unspecified atom stereocenters. The van der Waals surface area contributed by atoms with Gasteiger partial charge in [-0.3, -0.25) is 0 Å². The van der Waals surface area contributed by atoms with Gasteiger partial charge in [0.25, 0.3) is 0 Å². The first kappa shape index (κ1) is 18.0. The minimum Gasteiger partial charge on any atom is -0.385 e. The van der Waals surface area contributed by atoms with Gasteiger partial charge in [-0.15, -0.1) is 0 Å². The first-order valence-electron chi connectivity index (χ1n) is 7.26. The van der Waals surface area contributed by atoms with Gasteiger partial charge in [0.2, 0.25) is 0 Å². The zero-order valence-corrected chi connectivity index (χ0v) is 14.2. The Hall–Kier alpha value is -0.980. The van der Waals surface area contributed by atoms with Crippen LogP contribution in [0.15, 0.2) is 36.1 Å². The number of hydrogen-bond donors (Lipinski definition) is 1. The van der Waals surface area contributed by atoms with Gasteiger partial charge in [0.1, 0.15) is 0 Å². The number of nitrogens with one attached hydrogen (secondary N) is 1. The molecule has 19 heavy (non-hydrogen) atoms. The predicted octanol–water partition coefficient (Wildman–Crippen LogP) is 5.32. The molecule has 0 aliphatic carbocycles. The van der Waals surface area contributed by atoms with Gasteiger partial charge in [0.15, 0.2) is 0 Å². The van der Waals surface area contributed by atoms with E-state index in [1.165, 1.54) is 5.57 Å². The molecular formula is C18H33N. The van der Waals surface area contributed by atoms with Crippen molar-refractivity contribution in [2.45, 2.75) is 55.4 Å². The van der Waals surface area contributed by atoms with E-state index in [-0.39, 0.29) is 10.8 Å².